The van der Waals surface area contributed by atoms with Gasteiger partial charge in [0, 0.05) is 11.9 Å². The first kappa shape index (κ1) is 18.2. The molecule has 26 heavy (non-hydrogen) atoms. The quantitative estimate of drug-likeness (QED) is 0.628. The minimum Gasteiger partial charge on any atom is -0.331 e. The van der Waals surface area contributed by atoms with Gasteiger partial charge in [-0.05, 0) is 36.2 Å². The van der Waals surface area contributed by atoms with Crippen LogP contribution in [0.25, 0.3) is 0 Å². The molecular weight excluding hydrogens is 372 g/mol. The SMILES string of the molecule is CCc1cccnc1C(=O)c1cnc(Nc2cccc(S(N)(=O)=O)c2)s1. The number of aryl methyl sites for hydroxylation is 1. The van der Waals surface area contributed by atoms with Gasteiger partial charge in [0.25, 0.3) is 0 Å². The molecule has 0 spiro atoms. The Morgan fingerprint density at radius 1 is 1.23 bits per heavy atom. The van der Waals surface area contributed by atoms with Crippen LogP contribution in [0.5, 0.6) is 0 Å². The number of hydrogen-bond acceptors (Lipinski definition) is 7. The zero-order valence-electron chi connectivity index (χ0n) is 13.8. The summed E-state index contributed by atoms with van der Waals surface area (Å²) in [6, 6.07) is 9.75. The number of aromatic nitrogens is 2. The van der Waals surface area contributed by atoms with Crippen LogP contribution in [-0.4, -0.2) is 24.2 Å². The molecule has 0 unspecified atom stereocenters. The summed E-state index contributed by atoms with van der Waals surface area (Å²) in [4.78, 5) is 21.5. The molecule has 0 aliphatic rings. The van der Waals surface area contributed by atoms with Crippen molar-refractivity contribution in [3.05, 3.63) is 64.9 Å². The zero-order valence-corrected chi connectivity index (χ0v) is 15.5. The summed E-state index contributed by atoms with van der Waals surface area (Å²) in [6.45, 7) is 1.96. The van der Waals surface area contributed by atoms with Crippen LogP contribution in [0.3, 0.4) is 0 Å². The van der Waals surface area contributed by atoms with Crippen molar-refractivity contribution in [2.45, 2.75) is 18.2 Å². The third-order valence-corrected chi connectivity index (χ3v) is 5.45. The third kappa shape index (κ3) is 3.96. The van der Waals surface area contributed by atoms with Crippen LogP contribution in [0.2, 0.25) is 0 Å². The molecule has 2 aromatic heterocycles. The number of ketones is 1. The van der Waals surface area contributed by atoms with Gasteiger partial charge < -0.3 is 5.32 Å². The highest BCUT2D eigenvalue weighted by Gasteiger charge is 2.17. The maximum absolute atomic E-state index is 12.7. The minimum absolute atomic E-state index is 0.00331. The van der Waals surface area contributed by atoms with E-state index in [1.54, 1.807) is 24.4 Å². The minimum atomic E-state index is -3.79. The highest BCUT2D eigenvalue weighted by atomic mass is 32.2. The number of hydrogen-bond donors (Lipinski definition) is 2. The number of carbonyl (C=O) groups excluding carboxylic acids is 1. The summed E-state index contributed by atoms with van der Waals surface area (Å²) in [7, 11) is -3.79. The Bertz CT molecular complexity index is 1060. The number of carbonyl (C=O) groups is 1. The van der Waals surface area contributed by atoms with Crippen LogP contribution in [-0.2, 0) is 16.4 Å². The Morgan fingerprint density at radius 2 is 2.04 bits per heavy atom. The number of rotatable bonds is 6. The first-order valence-corrected chi connectivity index (χ1v) is 10.1. The lowest BCUT2D eigenvalue weighted by Crippen LogP contribution is -2.12. The molecule has 134 valence electrons. The lowest BCUT2D eigenvalue weighted by atomic mass is 10.1. The summed E-state index contributed by atoms with van der Waals surface area (Å²) < 4.78 is 22.9. The van der Waals surface area contributed by atoms with Crippen LogP contribution >= 0.6 is 11.3 Å². The summed E-state index contributed by atoms with van der Waals surface area (Å²) in [6.07, 6.45) is 3.78. The summed E-state index contributed by atoms with van der Waals surface area (Å²) >= 11 is 1.17. The Balaban J connectivity index is 1.84. The van der Waals surface area contributed by atoms with E-state index in [0.717, 1.165) is 5.56 Å². The molecule has 0 bridgehead atoms. The Hall–Kier alpha value is -2.62. The van der Waals surface area contributed by atoms with E-state index in [4.69, 9.17) is 5.14 Å². The van der Waals surface area contributed by atoms with Crippen molar-refractivity contribution >= 4 is 38.0 Å². The Morgan fingerprint density at radius 3 is 2.77 bits per heavy atom. The number of sulfonamides is 1. The fourth-order valence-corrected chi connectivity index (χ4v) is 3.69. The van der Waals surface area contributed by atoms with Crippen molar-refractivity contribution in [2.24, 2.45) is 5.14 Å². The van der Waals surface area contributed by atoms with Crippen LogP contribution in [0, 0.1) is 0 Å². The molecule has 0 aliphatic carbocycles. The van der Waals surface area contributed by atoms with Gasteiger partial charge in [0.05, 0.1) is 16.0 Å². The van der Waals surface area contributed by atoms with Gasteiger partial charge in [0.15, 0.2) is 5.13 Å². The molecular formula is C17H16N4O3S2. The lowest BCUT2D eigenvalue weighted by Gasteiger charge is -2.04. The molecule has 0 aliphatic heterocycles. The molecule has 0 saturated heterocycles. The molecule has 3 N–H and O–H groups in total. The topological polar surface area (TPSA) is 115 Å². The van der Waals surface area contributed by atoms with Gasteiger partial charge >= 0.3 is 0 Å². The van der Waals surface area contributed by atoms with Gasteiger partial charge in [-0.3, -0.25) is 9.78 Å². The second kappa shape index (κ2) is 7.32. The molecule has 7 nitrogen and oxygen atoms in total. The Labute approximate surface area is 155 Å². The molecule has 3 aromatic rings. The van der Waals surface area contributed by atoms with E-state index in [2.05, 4.69) is 15.3 Å². The fraction of sp³-hybridized carbons (Fsp3) is 0.118. The molecule has 0 saturated carbocycles. The normalized spacial score (nSPS) is 11.3. The molecule has 9 heteroatoms. The fourth-order valence-electron chi connectivity index (χ4n) is 2.36. The first-order valence-electron chi connectivity index (χ1n) is 7.73. The summed E-state index contributed by atoms with van der Waals surface area (Å²) in [5.41, 5.74) is 1.81. The molecule has 2 heterocycles. The van der Waals surface area contributed by atoms with E-state index in [0.29, 0.717) is 27.8 Å². The average Bonchev–Trinajstić information content (AvgIpc) is 3.09. The molecule has 1 aromatic carbocycles. The van der Waals surface area contributed by atoms with Crippen LogP contribution < -0.4 is 10.5 Å². The largest absolute Gasteiger partial charge is 0.331 e. The predicted octanol–water partition coefficient (Wildman–Crippen LogP) is 2.72. The standard InChI is InChI=1S/C17H16N4O3S2/c1-2-11-5-4-8-19-15(11)16(22)14-10-20-17(25-14)21-12-6-3-7-13(9-12)26(18,23)24/h3-10H,2H2,1H3,(H,20,21)(H2,18,23,24). The van der Waals surface area contributed by atoms with Crippen molar-refractivity contribution in [3.8, 4) is 0 Å². The molecule has 0 fully saturated rings. The smallest absolute Gasteiger partial charge is 0.238 e. The summed E-state index contributed by atoms with van der Waals surface area (Å²) in [5.74, 6) is -0.189. The van der Waals surface area contributed by atoms with E-state index in [9.17, 15) is 13.2 Å². The number of nitrogens with zero attached hydrogens (tertiary/aromatic N) is 2. The van der Waals surface area contributed by atoms with Gasteiger partial charge in [0.1, 0.15) is 5.69 Å². The third-order valence-electron chi connectivity index (χ3n) is 3.63. The van der Waals surface area contributed by atoms with E-state index >= 15 is 0 Å². The number of nitrogens with two attached hydrogens (primary N) is 1. The van der Waals surface area contributed by atoms with Crippen molar-refractivity contribution in [1.29, 1.82) is 0 Å². The molecule has 3 rings (SSSR count). The number of pyridine rings is 1. The molecule has 0 atom stereocenters. The number of anilines is 2. The van der Waals surface area contributed by atoms with E-state index in [-0.39, 0.29) is 10.7 Å². The number of benzene rings is 1. The second-order valence-electron chi connectivity index (χ2n) is 5.42. The average molecular weight is 388 g/mol. The van der Waals surface area contributed by atoms with Crippen LogP contribution in [0.15, 0.2) is 53.7 Å². The number of nitrogens with one attached hydrogen (secondary N) is 1. The van der Waals surface area contributed by atoms with Crippen LogP contribution in [0.1, 0.15) is 27.9 Å². The second-order valence-corrected chi connectivity index (χ2v) is 8.01. The van der Waals surface area contributed by atoms with Gasteiger partial charge in [-0.15, -0.1) is 0 Å². The van der Waals surface area contributed by atoms with E-state index in [1.807, 2.05) is 13.0 Å². The molecule has 0 radical (unpaired) electrons. The summed E-state index contributed by atoms with van der Waals surface area (Å²) in [5, 5.41) is 8.59. The predicted molar refractivity (Wildman–Crippen MR) is 100 cm³/mol. The van der Waals surface area contributed by atoms with Crippen LogP contribution in [0.4, 0.5) is 10.8 Å². The van der Waals surface area contributed by atoms with Gasteiger partial charge in [-0.1, -0.05) is 30.4 Å². The van der Waals surface area contributed by atoms with Crippen molar-refractivity contribution in [3.63, 3.8) is 0 Å². The van der Waals surface area contributed by atoms with Gasteiger partial charge in [-0.25, -0.2) is 18.5 Å². The monoisotopic (exact) mass is 388 g/mol. The van der Waals surface area contributed by atoms with E-state index < -0.39 is 10.0 Å². The maximum Gasteiger partial charge on any atom is 0.238 e. The highest BCUT2D eigenvalue weighted by molar-refractivity contribution is 7.89. The highest BCUT2D eigenvalue weighted by Crippen LogP contribution is 2.26. The van der Waals surface area contributed by atoms with Crippen molar-refractivity contribution in [1.82, 2.24) is 9.97 Å². The molecule has 0 amide bonds. The lowest BCUT2D eigenvalue weighted by molar-refractivity contribution is 0.103. The van der Waals surface area contributed by atoms with Gasteiger partial charge in [0.2, 0.25) is 15.8 Å². The number of primary sulfonamides is 1. The van der Waals surface area contributed by atoms with Crippen molar-refractivity contribution in [2.75, 3.05) is 5.32 Å². The number of thiazole rings is 1. The van der Waals surface area contributed by atoms with Gasteiger partial charge in [-0.2, -0.15) is 0 Å². The van der Waals surface area contributed by atoms with Crippen molar-refractivity contribution < 1.29 is 13.2 Å². The maximum atomic E-state index is 12.7. The zero-order chi connectivity index (χ0) is 18.7. The first-order chi connectivity index (χ1) is 12.4. The van der Waals surface area contributed by atoms with E-state index in [1.165, 1.54) is 29.7 Å². The Kier molecular flexibility index (Phi) is 5.12.